The van der Waals surface area contributed by atoms with Gasteiger partial charge in [0.25, 0.3) is 0 Å². The summed E-state index contributed by atoms with van der Waals surface area (Å²) in [6, 6.07) is 13.2. The molecule has 2 heterocycles. The van der Waals surface area contributed by atoms with Crippen molar-refractivity contribution in [3.8, 4) is 0 Å². The number of carbonyl (C=O) groups is 3. The van der Waals surface area contributed by atoms with Gasteiger partial charge in [-0.05, 0) is 42.4 Å². The highest BCUT2D eigenvalue weighted by atomic mass is 16.6. The first kappa shape index (κ1) is 32.8. The Kier molecular flexibility index (Phi) is 13.0. The fourth-order valence-corrected chi connectivity index (χ4v) is 4.94. The molecule has 0 radical (unpaired) electrons. The van der Waals surface area contributed by atoms with Crippen LogP contribution >= 0.6 is 0 Å². The van der Waals surface area contributed by atoms with E-state index >= 15 is 0 Å². The molecule has 1 aliphatic heterocycles. The fourth-order valence-electron chi connectivity index (χ4n) is 4.94. The van der Waals surface area contributed by atoms with Crippen molar-refractivity contribution in [3.05, 3.63) is 66.0 Å². The summed E-state index contributed by atoms with van der Waals surface area (Å²) in [5.74, 6) is 0.0739. The molecule has 230 valence electrons. The number of likely N-dealkylation sites (tertiary alicyclic amines) is 1. The predicted octanol–water partition coefficient (Wildman–Crippen LogP) is 3.22. The van der Waals surface area contributed by atoms with Gasteiger partial charge >= 0.3 is 12.2 Å². The molecule has 4 atom stereocenters. The minimum Gasteiger partial charge on any atom is -0.445 e. The molecule has 0 spiro atoms. The van der Waals surface area contributed by atoms with Crippen molar-refractivity contribution in [3.63, 3.8) is 0 Å². The second kappa shape index (κ2) is 16.7. The molecule has 0 bridgehead atoms. The van der Waals surface area contributed by atoms with Gasteiger partial charge < -0.3 is 30.5 Å². The Hall–Kier alpha value is -3.70. The molecule has 2 aromatic rings. The number of nitrogens with zero attached hydrogens (tertiary/aromatic N) is 2. The SMILES string of the molecule is CC(C)C[C@@H](CN1CC(O)C(NC(=O)[C@H](CC(C)C)NC(=O)OCc2ccccn2)C1)NC(=O)OCc1ccccc1. The molecule has 0 aliphatic carbocycles. The Labute approximate surface area is 248 Å². The average molecular weight is 584 g/mol. The third-order valence-electron chi connectivity index (χ3n) is 6.85. The summed E-state index contributed by atoms with van der Waals surface area (Å²) in [5, 5.41) is 19.3. The third-order valence-corrected chi connectivity index (χ3v) is 6.85. The molecule has 3 amide bonds. The van der Waals surface area contributed by atoms with Crippen molar-refractivity contribution < 1.29 is 29.0 Å². The molecule has 2 unspecified atom stereocenters. The molecule has 42 heavy (non-hydrogen) atoms. The van der Waals surface area contributed by atoms with E-state index in [4.69, 9.17) is 9.47 Å². The topological polar surface area (TPSA) is 142 Å². The van der Waals surface area contributed by atoms with Crippen LogP contribution in [0.5, 0.6) is 0 Å². The predicted molar refractivity (Wildman–Crippen MR) is 158 cm³/mol. The van der Waals surface area contributed by atoms with E-state index in [1.807, 2.05) is 49.1 Å². The molecule has 11 nitrogen and oxygen atoms in total. The smallest absolute Gasteiger partial charge is 0.408 e. The number of rotatable bonds is 14. The van der Waals surface area contributed by atoms with Crippen LogP contribution in [-0.4, -0.2) is 76.9 Å². The molecule has 1 aromatic carbocycles. The van der Waals surface area contributed by atoms with Gasteiger partial charge in [-0.2, -0.15) is 0 Å². The number of alkyl carbamates (subject to hydrolysis) is 2. The van der Waals surface area contributed by atoms with Crippen LogP contribution in [0, 0.1) is 11.8 Å². The van der Waals surface area contributed by atoms with Crippen molar-refractivity contribution in [2.45, 2.75) is 78.0 Å². The highest BCUT2D eigenvalue weighted by Gasteiger charge is 2.35. The number of benzene rings is 1. The number of ether oxygens (including phenoxy) is 2. The Morgan fingerprint density at radius 3 is 2.24 bits per heavy atom. The van der Waals surface area contributed by atoms with Gasteiger partial charge in [0.05, 0.1) is 17.8 Å². The lowest BCUT2D eigenvalue weighted by atomic mass is 10.0. The van der Waals surface area contributed by atoms with Gasteiger partial charge in [-0.15, -0.1) is 0 Å². The van der Waals surface area contributed by atoms with Gasteiger partial charge in [0.15, 0.2) is 0 Å². The summed E-state index contributed by atoms with van der Waals surface area (Å²) < 4.78 is 10.7. The van der Waals surface area contributed by atoms with Crippen LogP contribution in [-0.2, 0) is 27.5 Å². The molecule has 1 aromatic heterocycles. The monoisotopic (exact) mass is 583 g/mol. The maximum absolute atomic E-state index is 13.2. The zero-order valence-electron chi connectivity index (χ0n) is 25.0. The number of aliphatic hydroxyl groups excluding tert-OH is 1. The minimum atomic E-state index is -0.822. The lowest BCUT2D eigenvalue weighted by molar-refractivity contribution is -0.124. The highest BCUT2D eigenvalue weighted by molar-refractivity contribution is 5.86. The summed E-state index contributed by atoms with van der Waals surface area (Å²) in [4.78, 5) is 44.3. The largest absolute Gasteiger partial charge is 0.445 e. The minimum absolute atomic E-state index is 0.00956. The number of aliphatic hydroxyl groups is 1. The Morgan fingerprint density at radius 1 is 0.905 bits per heavy atom. The average Bonchev–Trinajstić information content (AvgIpc) is 3.28. The van der Waals surface area contributed by atoms with E-state index in [2.05, 4.69) is 34.8 Å². The van der Waals surface area contributed by atoms with Gasteiger partial charge in [0, 0.05) is 31.9 Å². The molecule has 1 aliphatic rings. The van der Waals surface area contributed by atoms with Crippen LogP contribution < -0.4 is 16.0 Å². The van der Waals surface area contributed by atoms with Crippen molar-refractivity contribution in [2.75, 3.05) is 19.6 Å². The maximum atomic E-state index is 13.2. The Morgan fingerprint density at radius 2 is 1.57 bits per heavy atom. The summed E-state index contributed by atoms with van der Waals surface area (Å²) in [6.07, 6.45) is 0.742. The summed E-state index contributed by atoms with van der Waals surface area (Å²) in [5.41, 5.74) is 1.50. The number of amides is 3. The van der Waals surface area contributed by atoms with Gasteiger partial charge in [0.2, 0.25) is 5.91 Å². The molecule has 1 fully saturated rings. The van der Waals surface area contributed by atoms with Crippen LogP contribution in [0.3, 0.4) is 0 Å². The maximum Gasteiger partial charge on any atom is 0.408 e. The second-order valence-corrected chi connectivity index (χ2v) is 11.7. The first-order chi connectivity index (χ1) is 20.1. The van der Waals surface area contributed by atoms with Gasteiger partial charge in [0.1, 0.15) is 19.3 Å². The van der Waals surface area contributed by atoms with Crippen molar-refractivity contribution >= 4 is 18.1 Å². The molecular formula is C31H45N5O6. The Balaban J connectivity index is 1.51. The third kappa shape index (κ3) is 11.7. The quantitative estimate of drug-likeness (QED) is 0.266. The zero-order valence-corrected chi connectivity index (χ0v) is 25.0. The number of aromatic nitrogens is 1. The lowest BCUT2D eigenvalue weighted by Gasteiger charge is -2.26. The lowest BCUT2D eigenvalue weighted by Crippen LogP contribution is -2.53. The first-order valence-corrected chi connectivity index (χ1v) is 14.6. The van der Waals surface area contributed by atoms with Crippen LogP contribution in [0.1, 0.15) is 51.8 Å². The van der Waals surface area contributed by atoms with E-state index in [9.17, 15) is 19.5 Å². The number of nitrogens with one attached hydrogen (secondary N) is 3. The van der Waals surface area contributed by atoms with E-state index in [0.29, 0.717) is 37.7 Å². The number of β-amino-alcohol motifs (C(OH)–C–C–N with tert-alkyl or cyclic N) is 1. The second-order valence-electron chi connectivity index (χ2n) is 11.7. The summed E-state index contributed by atoms with van der Waals surface area (Å²) >= 11 is 0. The number of hydrogen-bond acceptors (Lipinski definition) is 8. The zero-order chi connectivity index (χ0) is 30.5. The molecule has 1 saturated heterocycles. The van der Waals surface area contributed by atoms with Gasteiger partial charge in [-0.25, -0.2) is 9.59 Å². The standard InChI is InChI=1S/C31H45N5O6/c1-21(2)14-25(33-30(39)41-19-23-10-6-5-7-11-23)16-36-17-27(28(37)18-36)34-29(38)26(15-22(3)4)35-31(40)42-20-24-12-8-9-13-32-24/h5-13,21-22,25-28,37H,14-20H2,1-4H3,(H,33,39)(H,34,38)(H,35,40)/t25-,26-,27?,28?/m0/s1. The van der Waals surface area contributed by atoms with Gasteiger partial charge in [-0.1, -0.05) is 64.1 Å². The van der Waals surface area contributed by atoms with Crippen molar-refractivity contribution in [2.24, 2.45) is 11.8 Å². The highest BCUT2D eigenvalue weighted by Crippen LogP contribution is 2.15. The number of carbonyl (C=O) groups excluding carboxylic acids is 3. The van der Waals surface area contributed by atoms with E-state index in [1.165, 1.54) is 0 Å². The number of hydrogen-bond donors (Lipinski definition) is 4. The van der Waals surface area contributed by atoms with Crippen molar-refractivity contribution in [1.29, 1.82) is 0 Å². The van der Waals surface area contributed by atoms with Crippen LogP contribution in [0.4, 0.5) is 9.59 Å². The fraction of sp³-hybridized carbons (Fsp3) is 0.548. The van der Waals surface area contributed by atoms with Crippen LogP contribution in [0.25, 0.3) is 0 Å². The van der Waals surface area contributed by atoms with E-state index in [0.717, 1.165) is 12.0 Å². The van der Waals surface area contributed by atoms with E-state index < -0.39 is 30.4 Å². The first-order valence-electron chi connectivity index (χ1n) is 14.6. The Bertz CT molecular complexity index is 1120. The normalized spacial score (nSPS) is 18.4. The van der Waals surface area contributed by atoms with E-state index in [1.54, 1.807) is 24.4 Å². The summed E-state index contributed by atoms with van der Waals surface area (Å²) in [6.45, 7) is 9.49. The van der Waals surface area contributed by atoms with Gasteiger partial charge in [-0.3, -0.25) is 14.7 Å². The number of pyridine rings is 1. The van der Waals surface area contributed by atoms with Crippen molar-refractivity contribution in [1.82, 2.24) is 25.8 Å². The molecule has 4 N–H and O–H groups in total. The molecule has 3 rings (SSSR count). The van der Waals surface area contributed by atoms with Crippen LogP contribution in [0.2, 0.25) is 0 Å². The molecular weight excluding hydrogens is 538 g/mol. The van der Waals surface area contributed by atoms with E-state index in [-0.39, 0.29) is 31.1 Å². The molecule has 11 heteroatoms. The summed E-state index contributed by atoms with van der Waals surface area (Å²) in [7, 11) is 0. The molecule has 0 saturated carbocycles. The van der Waals surface area contributed by atoms with Crippen LogP contribution in [0.15, 0.2) is 54.7 Å².